The first kappa shape index (κ1) is 17.2. The summed E-state index contributed by atoms with van der Waals surface area (Å²) in [7, 11) is 0. The Morgan fingerprint density at radius 2 is 2.12 bits per heavy atom. The Morgan fingerprint density at radius 1 is 1.32 bits per heavy atom. The molecule has 0 saturated carbocycles. The van der Waals surface area contributed by atoms with Crippen LogP contribution < -0.4 is 16.0 Å². The van der Waals surface area contributed by atoms with Crippen molar-refractivity contribution in [2.45, 2.75) is 32.5 Å². The second-order valence-corrected chi connectivity index (χ2v) is 6.11. The summed E-state index contributed by atoms with van der Waals surface area (Å²) in [6.07, 6.45) is 2.29. The number of nitrogens with zero attached hydrogens (tertiary/aromatic N) is 3. The number of halogens is 1. The number of para-hydroxylation sites is 1. The minimum absolute atomic E-state index is 0.112. The largest absolute Gasteiger partial charge is 0.396 e. The van der Waals surface area contributed by atoms with Crippen molar-refractivity contribution in [3.63, 3.8) is 0 Å². The van der Waals surface area contributed by atoms with Gasteiger partial charge in [0.25, 0.3) is 0 Å². The first-order valence-electron chi connectivity index (χ1n) is 8.37. The lowest BCUT2D eigenvalue weighted by atomic mass is 10.2. The Morgan fingerprint density at radius 3 is 2.84 bits per heavy atom. The molecule has 3 rings (SSSR count). The van der Waals surface area contributed by atoms with E-state index in [1.165, 1.54) is 6.07 Å². The number of hydrogen-bond donors (Lipinski definition) is 4. The van der Waals surface area contributed by atoms with Crippen molar-refractivity contribution in [2.24, 2.45) is 9.98 Å². The maximum Gasteiger partial charge on any atom is 0.205 e. The van der Waals surface area contributed by atoms with E-state index in [1.54, 1.807) is 18.2 Å². The van der Waals surface area contributed by atoms with Crippen LogP contribution in [0.25, 0.3) is 0 Å². The molecule has 0 bridgehead atoms. The van der Waals surface area contributed by atoms with Gasteiger partial charge in [-0.05, 0) is 32.4 Å². The third-order valence-electron chi connectivity index (χ3n) is 3.93. The highest BCUT2D eigenvalue weighted by Gasteiger charge is 2.38. The van der Waals surface area contributed by atoms with E-state index in [0.717, 1.165) is 5.70 Å². The summed E-state index contributed by atoms with van der Waals surface area (Å²) in [4.78, 5) is 10.9. The Balaban J connectivity index is 1.85. The van der Waals surface area contributed by atoms with Gasteiger partial charge in [-0.2, -0.15) is 0 Å². The summed E-state index contributed by atoms with van der Waals surface area (Å²) >= 11 is 0. The van der Waals surface area contributed by atoms with E-state index in [9.17, 15) is 4.39 Å². The second-order valence-electron chi connectivity index (χ2n) is 6.11. The molecule has 1 aromatic rings. The number of fused-ring (bicyclic) bond motifs is 1. The molecule has 1 unspecified atom stereocenters. The molecule has 2 aliphatic rings. The fraction of sp³-hybridized carbons (Fsp3) is 0.412. The van der Waals surface area contributed by atoms with Crippen LogP contribution >= 0.6 is 0 Å². The zero-order chi connectivity index (χ0) is 17.8. The first-order chi connectivity index (χ1) is 12.1. The lowest BCUT2D eigenvalue weighted by molar-refractivity contribution is 0.287. The predicted molar refractivity (Wildman–Crippen MR) is 95.8 cm³/mol. The maximum absolute atomic E-state index is 13.9. The molecule has 1 atom stereocenters. The van der Waals surface area contributed by atoms with Crippen molar-refractivity contribution in [3.8, 4) is 0 Å². The van der Waals surface area contributed by atoms with Crippen LogP contribution in [0.1, 0.15) is 20.3 Å². The van der Waals surface area contributed by atoms with Crippen LogP contribution in [0.2, 0.25) is 0 Å². The molecule has 1 saturated heterocycles. The molecule has 1 fully saturated rings. The molecule has 0 aliphatic carbocycles. The highest BCUT2D eigenvalue weighted by molar-refractivity contribution is 5.91. The van der Waals surface area contributed by atoms with Crippen molar-refractivity contribution in [1.82, 2.24) is 20.9 Å². The molecule has 2 heterocycles. The molecular formula is C17H23FN6O. The number of aliphatic hydroxyl groups is 1. The Labute approximate surface area is 146 Å². The van der Waals surface area contributed by atoms with Crippen molar-refractivity contribution in [3.05, 3.63) is 42.0 Å². The van der Waals surface area contributed by atoms with E-state index in [2.05, 4.69) is 25.9 Å². The fourth-order valence-corrected chi connectivity index (χ4v) is 2.75. The zero-order valence-corrected chi connectivity index (χ0v) is 14.3. The summed E-state index contributed by atoms with van der Waals surface area (Å²) in [5, 5.41) is 18.5. The highest BCUT2D eigenvalue weighted by Crippen LogP contribution is 2.23. The van der Waals surface area contributed by atoms with E-state index < -0.39 is 0 Å². The first-order valence-corrected chi connectivity index (χ1v) is 8.37. The van der Waals surface area contributed by atoms with Gasteiger partial charge in [0, 0.05) is 25.4 Å². The molecule has 134 valence electrons. The van der Waals surface area contributed by atoms with Gasteiger partial charge in [-0.15, -0.1) is 0 Å². The molecule has 2 aliphatic heterocycles. The third kappa shape index (κ3) is 3.74. The number of guanidine groups is 2. The van der Waals surface area contributed by atoms with Gasteiger partial charge < -0.3 is 26.0 Å². The molecular weight excluding hydrogens is 323 g/mol. The molecule has 0 aromatic heterocycles. The zero-order valence-electron chi connectivity index (χ0n) is 14.3. The van der Waals surface area contributed by atoms with Gasteiger partial charge in [-0.1, -0.05) is 12.1 Å². The summed E-state index contributed by atoms with van der Waals surface area (Å²) in [5.41, 5.74) is 1.18. The van der Waals surface area contributed by atoms with Crippen molar-refractivity contribution >= 4 is 17.6 Å². The topological polar surface area (TPSA) is 84.3 Å². The number of benzene rings is 1. The molecule has 0 spiro atoms. The molecule has 0 amide bonds. The number of hydrogen-bond acceptors (Lipinski definition) is 3. The summed E-state index contributed by atoms with van der Waals surface area (Å²) in [6, 6.07) is 6.58. The van der Waals surface area contributed by atoms with Crippen LogP contribution in [0.4, 0.5) is 10.1 Å². The van der Waals surface area contributed by atoms with Crippen molar-refractivity contribution in [1.29, 1.82) is 0 Å². The molecule has 4 N–H and O–H groups in total. The lowest BCUT2D eigenvalue weighted by Crippen LogP contribution is -2.54. The van der Waals surface area contributed by atoms with Gasteiger partial charge >= 0.3 is 0 Å². The maximum atomic E-state index is 13.9. The predicted octanol–water partition coefficient (Wildman–Crippen LogP) is 1.23. The smallest absolute Gasteiger partial charge is 0.205 e. The highest BCUT2D eigenvalue weighted by atomic mass is 19.1. The minimum atomic E-state index is -0.360. The second kappa shape index (κ2) is 7.52. The van der Waals surface area contributed by atoms with Gasteiger partial charge in [0.15, 0.2) is 5.96 Å². The average Bonchev–Trinajstić information content (AvgIpc) is 2.94. The van der Waals surface area contributed by atoms with Crippen molar-refractivity contribution in [2.75, 3.05) is 13.2 Å². The summed E-state index contributed by atoms with van der Waals surface area (Å²) in [5.74, 6) is 0.866. The van der Waals surface area contributed by atoms with Gasteiger partial charge in [0.2, 0.25) is 5.96 Å². The van der Waals surface area contributed by atoms with Crippen molar-refractivity contribution < 1.29 is 9.50 Å². The molecule has 25 heavy (non-hydrogen) atoms. The van der Waals surface area contributed by atoms with E-state index in [0.29, 0.717) is 30.6 Å². The van der Waals surface area contributed by atoms with E-state index in [-0.39, 0.29) is 24.6 Å². The van der Waals surface area contributed by atoms with Crippen LogP contribution in [0, 0.1) is 5.82 Å². The van der Waals surface area contributed by atoms with Gasteiger partial charge in [0.05, 0.1) is 5.70 Å². The average molecular weight is 346 g/mol. The number of aliphatic hydroxyl groups excluding tert-OH is 1. The Hall–Kier alpha value is -2.61. The lowest BCUT2D eigenvalue weighted by Gasteiger charge is -2.32. The molecule has 1 aromatic carbocycles. The molecule has 8 heteroatoms. The Kier molecular flexibility index (Phi) is 5.18. The van der Waals surface area contributed by atoms with Gasteiger partial charge in [-0.3, -0.25) is 4.99 Å². The van der Waals surface area contributed by atoms with Gasteiger partial charge in [-0.25, -0.2) is 9.38 Å². The van der Waals surface area contributed by atoms with E-state index in [1.807, 2.05) is 24.9 Å². The summed E-state index contributed by atoms with van der Waals surface area (Å²) in [6.45, 7) is 4.75. The van der Waals surface area contributed by atoms with E-state index >= 15 is 0 Å². The van der Waals surface area contributed by atoms with Gasteiger partial charge in [0.1, 0.15) is 17.7 Å². The Bertz CT molecular complexity index is 715. The number of aliphatic imine (C=N–C) groups is 2. The van der Waals surface area contributed by atoms with Crippen LogP contribution in [0.3, 0.4) is 0 Å². The van der Waals surface area contributed by atoms with Crippen LogP contribution in [-0.4, -0.2) is 47.3 Å². The quantitative estimate of drug-likeness (QED) is 0.603. The number of nitrogens with one attached hydrogen (secondary N) is 3. The van der Waals surface area contributed by atoms with Crippen LogP contribution in [0.5, 0.6) is 0 Å². The van der Waals surface area contributed by atoms with E-state index in [4.69, 9.17) is 5.11 Å². The monoisotopic (exact) mass is 346 g/mol. The molecule has 7 nitrogen and oxygen atoms in total. The normalized spacial score (nSPS) is 22.5. The summed E-state index contributed by atoms with van der Waals surface area (Å²) < 4.78 is 13.9. The SMILES string of the molecule is CC(C)N1C(=Nc2ccccc2F)NC2=CNC(=NCCCO)NC21. The third-order valence-corrected chi connectivity index (χ3v) is 3.93. The number of rotatable bonds is 5. The minimum Gasteiger partial charge on any atom is -0.396 e. The molecule has 0 radical (unpaired) electrons. The fourth-order valence-electron chi connectivity index (χ4n) is 2.75. The standard InChI is InChI=1S/C17H23FN6O/c1-11(2)24-15-14(10-20-16(23-15)19-8-5-9-25)22-17(24)21-13-7-4-3-6-12(13)18/h3-4,6-7,10-11,15,25H,5,8-9H2,1-2H3,(H,21,22)(H2,19,20,23). The van der Waals surface area contributed by atoms with Crippen LogP contribution in [0.15, 0.2) is 46.1 Å². The van der Waals surface area contributed by atoms with Crippen LogP contribution in [-0.2, 0) is 0 Å².